The van der Waals surface area contributed by atoms with Gasteiger partial charge in [-0.15, -0.1) is 0 Å². The van der Waals surface area contributed by atoms with Crippen molar-refractivity contribution in [3.05, 3.63) is 65.2 Å². The monoisotopic (exact) mass is 400 g/mol. The molecule has 2 aromatic rings. The molecule has 1 saturated heterocycles. The molecule has 5 nitrogen and oxygen atoms in total. The molecular formula is C22H28N2O3S. The fourth-order valence-corrected chi connectivity index (χ4v) is 4.27. The van der Waals surface area contributed by atoms with E-state index in [9.17, 15) is 13.2 Å². The molecule has 1 amide bonds. The molecule has 2 aromatic carbocycles. The molecule has 6 heteroatoms. The summed E-state index contributed by atoms with van der Waals surface area (Å²) < 4.78 is 22.9. The normalized spacial score (nSPS) is 16.1. The highest BCUT2D eigenvalue weighted by Crippen LogP contribution is 2.19. The Morgan fingerprint density at radius 1 is 1.07 bits per heavy atom. The van der Waals surface area contributed by atoms with Crippen molar-refractivity contribution < 1.29 is 13.2 Å². The molecule has 0 aromatic heterocycles. The molecule has 1 fully saturated rings. The van der Waals surface area contributed by atoms with Crippen LogP contribution in [0.5, 0.6) is 0 Å². The van der Waals surface area contributed by atoms with E-state index in [1.807, 2.05) is 24.3 Å². The van der Waals surface area contributed by atoms with Crippen LogP contribution in [-0.2, 0) is 22.1 Å². The molecule has 1 heterocycles. The van der Waals surface area contributed by atoms with Crippen LogP contribution in [0.1, 0.15) is 41.3 Å². The standard InChI is InChI=1S/C22H28N2O3S/c1-17-10-12-24(13-11-17)15-18-6-8-21(9-7-18)23-22(25)20-5-3-4-19(14-20)16-28(2,26)27/h3-9,14,17H,10-13,15-16H2,1-2H3,(H,23,25). The van der Waals surface area contributed by atoms with Crippen molar-refractivity contribution >= 4 is 21.4 Å². The van der Waals surface area contributed by atoms with Crippen molar-refractivity contribution in [2.75, 3.05) is 24.7 Å². The fraction of sp³-hybridized carbons (Fsp3) is 0.409. The number of nitrogens with zero attached hydrogens (tertiary/aromatic N) is 1. The second-order valence-electron chi connectivity index (χ2n) is 7.88. The molecule has 0 atom stereocenters. The minimum Gasteiger partial charge on any atom is -0.322 e. The number of amides is 1. The molecule has 1 aliphatic heterocycles. The maximum atomic E-state index is 12.5. The van der Waals surface area contributed by atoms with Crippen LogP contribution in [0, 0.1) is 5.92 Å². The lowest BCUT2D eigenvalue weighted by Gasteiger charge is -2.30. The molecule has 28 heavy (non-hydrogen) atoms. The van der Waals surface area contributed by atoms with E-state index in [0.717, 1.165) is 31.2 Å². The van der Waals surface area contributed by atoms with Crippen molar-refractivity contribution in [3.63, 3.8) is 0 Å². The minimum absolute atomic E-state index is 0.0713. The van der Waals surface area contributed by atoms with Crippen LogP contribution >= 0.6 is 0 Å². The molecule has 0 aliphatic carbocycles. The van der Waals surface area contributed by atoms with E-state index < -0.39 is 9.84 Å². The van der Waals surface area contributed by atoms with Crippen LogP contribution < -0.4 is 5.32 Å². The molecule has 150 valence electrons. The smallest absolute Gasteiger partial charge is 0.255 e. The number of piperidine rings is 1. The zero-order valence-corrected chi connectivity index (χ0v) is 17.3. The van der Waals surface area contributed by atoms with Crippen molar-refractivity contribution in [2.45, 2.75) is 32.1 Å². The number of carbonyl (C=O) groups is 1. The average Bonchev–Trinajstić information content (AvgIpc) is 2.64. The predicted octanol–water partition coefficient (Wildman–Crippen LogP) is 3.72. The highest BCUT2D eigenvalue weighted by molar-refractivity contribution is 7.89. The Bertz CT molecular complexity index is 915. The lowest BCUT2D eigenvalue weighted by Crippen LogP contribution is -2.32. The van der Waals surface area contributed by atoms with Gasteiger partial charge >= 0.3 is 0 Å². The number of benzene rings is 2. The minimum atomic E-state index is -3.13. The second-order valence-corrected chi connectivity index (χ2v) is 10.0. The number of anilines is 1. The maximum absolute atomic E-state index is 12.5. The zero-order chi connectivity index (χ0) is 20.1. The first-order valence-electron chi connectivity index (χ1n) is 9.68. The van der Waals surface area contributed by atoms with Gasteiger partial charge < -0.3 is 5.32 Å². The van der Waals surface area contributed by atoms with E-state index >= 15 is 0 Å². The first kappa shape index (κ1) is 20.6. The number of rotatable bonds is 6. The van der Waals surface area contributed by atoms with Gasteiger partial charge in [-0.05, 0) is 67.2 Å². The molecular weight excluding hydrogens is 372 g/mol. The summed E-state index contributed by atoms with van der Waals surface area (Å²) in [6.45, 7) is 5.53. The molecule has 0 spiro atoms. The van der Waals surface area contributed by atoms with Crippen molar-refractivity contribution in [1.29, 1.82) is 0 Å². The van der Waals surface area contributed by atoms with Gasteiger partial charge in [0.05, 0.1) is 5.75 Å². The van der Waals surface area contributed by atoms with E-state index in [-0.39, 0.29) is 11.7 Å². The first-order chi connectivity index (χ1) is 13.3. The third kappa shape index (κ3) is 6.17. The van der Waals surface area contributed by atoms with Gasteiger partial charge in [-0.3, -0.25) is 9.69 Å². The van der Waals surface area contributed by atoms with Crippen molar-refractivity contribution in [2.24, 2.45) is 5.92 Å². The Morgan fingerprint density at radius 2 is 1.75 bits per heavy atom. The van der Waals surface area contributed by atoms with Crippen molar-refractivity contribution in [3.8, 4) is 0 Å². The summed E-state index contributed by atoms with van der Waals surface area (Å²) in [5.74, 6) is 0.510. The van der Waals surface area contributed by atoms with Gasteiger partial charge in [-0.2, -0.15) is 0 Å². The molecule has 1 aliphatic rings. The number of carbonyl (C=O) groups excluding carboxylic acids is 1. The van der Waals surface area contributed by atoms with E-state index in [4.69, 9.17) is 0 Å². The third-order valence-corrected chi connectivity index (χ3v) is 5.97. The van der Waals surface area contributed by atoms with Crippen LogP contribution in [0.15, 0.2) is 48.5 Å². The van der Waals surface area contributed by atoms with Crippen LogP contribution in [0.25, 0.3) is 0 Å². The zero-order valence-electron chi connectivity index (χ0n) is 16.5. The predicted molar refractivity (Wildman–Crippen MR) is 113 cm³/mol. The number of nitrogens with one attached hydrogen (secondary N) is 1. The molecule has 0 saturated carbocycles. The molecule has 0 radical (unpaired) electrons. The lowest BCUT2D eigenvalue weighted by molar-refractivity contribution is 0.102. The number of hydrogen-bond donors (Lipinski definition) is 1. The SMILES string of the molecule is CC1CCN(Cc2ccc(NC(=O)c3cccc(CS(C)(=O)=O)c3)cc2)CC1. The van der Waals surface area contributed by atoms with Crippen LogP contribution in [-0.4, -0.2) is 38.6 Å². The summed E-state index contributed by atoms with van der Waals surface area (Å²) in [4.78, 5) is 15.0. The summed E-state index contributed by atoms with van der Waals surface area (Å²) in [6.07, 6.45) is 3.70. The van der Waals surface area contributed by atoms with E-state index in [0.29, 0.717) is 11.1 Å². The molecule has 0 unspecified atom stereocenters. The summed E-state index contributed by atoms with van der Waals surface area (Å²) >= 11 is 0. The Hall–Kier alpha value is -2.18. The van der Waals surface area contributed by atoms with Gasteiger partial charge in [-0.1, -0.05) is 31.2 Å². The van der Waals surface area contributed by atoms with Crippen LogP contribution in [0.2, 0.25) is 0 Å². The topological polar surface area (TPSA) is 66.5 Å². The third-order valence-electron chi connectivity index (χ3n) is 5.11. The largest absolute Gasteiger partial charge is 0.322 e. The fourth-order valence-electron chi connectivity index (χ4n) is 3.48. The summed E-state index contributed by atoms with van der Waals surface area (Å²) in [5.41, 5.74) is 3.03. The first-order valence-corrected chi connectivity index (χ1v) is 11.7. The van der Waals surface area contributed by atoms with Crippen molar-refractivity contribution in [1.82, 2.24) is 4.90 Å². The van der Waals surface area contributed by atoms with Gasteiger partial charge in [0.1, 0.15) is 0 Å². The molecule has 0 bridgehead atoms. The Balaban J connectivity index is 1.59. The molecule has 1 N–H and O–H groups in total. The summed E-state index contributed by atoms with van der Waals surface area (Å²) in [6, 6.07) is 14.7. The Kier molecular flexibility index (Phi) is 6.52. The van der Waals surface area contributed by atoms with Gasteiger partial charge in [0.2, 0.25) is 0 Å². The Labute approximate surface area is 167 Å². The van der Waals surface area contributed by atoms with E-state index in [2.05, 4.69) is 17.1 Å². The van der Waals surface area contributed by atoms with Crippen LogP contribution in [0.4, 0.5) is 5.69 Å². The highest BCUT2D eigenvalue weighted by atomic mass is 32.2. The number of hydrogen-bond acceptors (Lipinski definition) is 4. The van der Waals surface area contributed by atoms with E-state index in [1.54, 1.807) is 24.3 Å². The van der Waals surface area contributed by atoms with Gasteiger partial charge in [0, 0.05) is 24.1 Å². The molecule has 3 rings (SSSR count). The quantitative estimate of drug-likeness (QED) is 0.803. The van der Waals surface area contributed by atoms with Gasteiger partial charge in [0.25, 0.3) is 5.91 Å². The lowest BCUT2D eigenvalue weighted by atomic mass is 9.99. The summed E-state index contributed by atoms with van der Waals surface area (Å²) in [5, 5.41) is 2.88. The summed E-state index contributed by atoms with van der Waals surface area (Å²) in [7, 11) is -3.13. The van der Waals surface area contributed by atoms with Gasteiger partial charge in [0.15, 0.2) is 9.84 Å². The highest BCUT2D eigenvalue weighted by Gasteiger charge is 2.15. The van der Waals surface area contributed by atoms with Gasteiger partial charge in [-0.25, -0.2) is 8.42 Å². The Morgan fingerprint density at radius 3 is 2.39 bits per heavy atom. The number of likely N-dealkylation sites (tertiary alicyclic amines) is 1. The average molecular weight is 401 g/mol. The number of sulfone groups is 1. The maximum Gasteiger partial charge on any atom is 0.255 e. The second kappa shape index (κ2) is 8.88. The van der Waals surface area contributed by atoms with Crippen LogP contribution in [0.3, 0.4) is 0 Å². The van der Waals surface area contributed by atoms with E-state index in [1.165, 1.54) is 24.7 Å².